The summed E-state index contributed by atoms with van der Waals surface area (Å²) in [7, 11) is -1.62. The van der Waals surface area contributed by atoms with Crippen LogP contribution in [0.4, 0.5) is 4.39 Å². The molecule has 0 saturated heterocycles. The molecule has 8 nitrogen and oxygen atoms in total. The number of carbonyl (C=O) groups excluding carboxylic acids is 1. The summed E-state index contributed by atoms with van der Waals surface area (Å²) in [5.41, 5.74) is -0.420. The number of halogens is 1. The Morgan fingerprint density at radius 1 is 1.36 bits per heavy atom. The third kappa shape index (κ3) is 3.17. The van der Waals surface area contributed by atoms with Crippen LogP contribution in [0.1, 0.15) is 22.3 Å². The topological polar surface area (TPSA) is 133 Å². The first-order valence-corrected chi connectivity index (χ1v) is 6.20. The Morgan fingerprint density at radius 3 is 2.64 bits per heavy atom. The van der Waals surface area contributed by atoms with Gasteiger partial charge in [0.25, 0.3) is 0 Å². The smallest absolute Gasteiger partial charge is 0.534 e. The number of rotatable bonds is 4. The zero-order chi connectivity index (χ0) is 16.4. The van der Waals surface area contributed by atoms with E-state index in [2.05, 4.69) is 5.32 Å². The molecule has 2 rings (SSSR count). The summed E-state index contributed by atoms with van der Waals surface area (Å²) in [6.45, 7) is 0. The van der Waals surface area contributed by atoms with Gasteiger partial charge in [-0.05, 0) is 18.1 Å². The van der Waals surface area contributed by atoms with Crippen LogP contribution in [0, 0.1) is 5.82 Å². The average Bonchev–Trinajstić information content (AvgIpc) is 2.38. The molecule has 0 spiro atoms. The first kappa shape index (κ1) is 15.8. The molecule has 0 aromatic heterocycles. The third-order valence-corrected chi connectivity index (χ3v) is 3.08. The Kier molecular flexibility index (Phi) is 4.31. The summed E-state index contributed by atoms with van der Waals surface area (Å²) in [4.78, 5) is 32.9. The fourth-order valence-electron chi connectivity index (χ4n) is 2.15. The number of aliphatic carboxylic acids is 1. The Hall–Kier alpha value is -2.62. The molecule has 0 bridgehead atoms. The minimum absolute atomic E-state index is 0.0254. The molecule has 0 saturated carbocycles. The molecule has 22 heavy (non-hydrogen) atoms. The van der Waals surface area contributed by atoms with Gasteiger partial charge in [-0.2, -0.15) is 0 Å². The minimum atomic E-state index is -1.62. The number of benzene rings is 1. The van der Waals surface area contributed by atoms with E-state index in [1.54, 1.807) is 0 Å². The highest BCUT2D eigenvalue weighted by Crippen LogP contribution is 2.31. The van der Waals surface area contributed by atoms with E-state index >= 15 is 0 Å². The van der Waals surface area contributed by atoms with Crippen LogP contribution >= 0.6 is 0 Å². The Morgan fingerprint density at radius 2 is 2.05 bits per heavy atom. The van der Waals surface area contributed by atoms with Crippen LogP contribution in [0.2, 0.25) is 0 Å². The van der Waals surface area contributed by atoms with E-state index in [1.165, 1.54) is 6.07 Å². The summed E-state index contributed by atoms with van der Waals surface area (Å²) in [5.74, 6) is -5.99. The van der Waals surface area contributed by atoms with Crippen molar-refractivity contribution in [3.05, 3.63) is 29.1 Å². The standard InChI is InChI=1S/C12H11BFNO7/c14-6-2-1-5-3-7(15-8(16)4-9(17)18)13(21)22-11(5)10(6)12(19)20/h1-2,7,21H,3-4H2,(H,15,16)(H,17,18)(H,19,20)/t7-/m0/s1. The lowest BCUT2D eigenvalue weighted by Gasteiger charge is -2.28. The molecule has 0 fully saturated rings. The van der Waals surface area contributed by atoms with Crippen molar-refractivity contribution in [3.63, 3.8) is 0 Å². The van der Waals surface area contributed by atoms with Gasteiger partial charge in [0, 0.05) is 0 Å². The Bertz CT molecular complexity index is 651. The zero-order valence-electron chi connectivity index (χ0n) is 11.1. The fourth-order valence-corrected chi connectivity index (χ4v) is 2.15. The summed E-state index contributed by atoms with van der Waals surface area (Å²) in [6, 6.07) is 2.22. The predicted molar refractivity (Wildman–Crippen MR) is 69.8 cm³/mol. The van der Waals surface area contributed by atoms with Gasteiger partial charge in [0.2, 0.25) is 5.91 Å². The molecule has 0 aliphatic carbocycles. The van der Waals surface area contributed by atoms with Crippen molar-refractivity contribution in [2.24, 2.45) is 0 Å². The highest BCUT2D eigenvalue weighted by molar-refractivity contribution is 6.47. The van der Waals surface area contributed by atoms with Crippen LogP contribution in [0.5, 0.6) is 5.75 Å². The van der Waals surface area contributed by atoms with Crippen LogP contribution in [-0.2, 0) is 16.0 Å². The van der Waals surface area contributed by atoms with Gasteiger partial charge in [-0.25, -0.2) is 9.18 Å². The Labute approximate surface area is 123 Å². The maximum atomic E-state index is 13.5. The van der Waals surface area contributed by atoms with Crippen molar-refractivity contribution in [2.45, 2.75) is 18.8 Å². The van der Waals surface area contributed by atoms with Crippen molar-refractivity contribution >= 4 is 25.0 Å². The molecule has 1 aromatic rings. The number of hydrogen-bond donors (Lipinski definition) is 4. The molecule has 10 heteroatoms. The molecular formula is C12H11BFNO7. The average molecular weight is 311 g/mol. The largest absolute Gasteiger partial charge is 0.547 e. The molecule has 0 radical (unpaired) electrons. The molecule has 0 unspecified atom stereocenters. The quantitative estimate of drug-likeness (QED) is 0.432. The first-order chi connectivity index (χ1) is 10.3. The highest BCUT2D eigenvalue weighted by atomic mass is 19.1. The molecule has 4 N–H and O–H groups in total. The van der Waals surface area contributed by atoms with E-state index < -0.39 is 48.7 Å². The van der Waals surface area contributed by atoms with E-state index in [4.69, 9.17) is 14.9 Å². The van der Waals surface area contributed by atoms with Crippen LogP contribution in [-0.4, -0.2) is 46.1 Å². The monoisotopic (exact) mass is 311 g/mol. The lowest BCUT2D eigenvalue weighted by molar-refractivity contribution is -0.140. The number of amides is 1. The third-order valence-electron chi connectivity index (χ3n) is 3.08. The molecule has 1 heterocycles. The van der Waals surface area contributed by atoms with Gasteiger partial charge in [-0.1, -0.05) is 6.07 Å². The number of aromatic carboxylic acids is 1. The van der Waals surface area contributed by atoms with E-state index in [9.17, 15) is 23.8 Å². The lowest BCUT2D eigenvalue weighted by Crippen LogP contribution is -2.53. The van der Waals surface area contributed by atoms with Crippen LogP contribution in [0.3, 0.4) is 0 Å². The van der Waals surface area contributed by atoms with E-state index in [1.807, 2.05) is 0 Å². The molecule has 1 aliphatic heterocycles. The van der Waals surface area contributed by atoms with Crippen molar-refractivity contribution < 1.29 is 38.7 Å². The van der Waals surface area contributed by atoms with Crippen molar-refractivity contribution in [1.82, 2.24) is 5.32 Å². The van der Waals surface area contributed by atoms with Gasteiger partial charge in [0.1, 0.15) is 23.6 Å². The van der Waals surface area contributed by atoms with E-state index in [-0.39, 0.29) is 17.7 Å². The number of carbonyl (C=O) groups is 3. The number of carboxylic acid groups (broad SMARTS) is 2. The minimum Gasteiger partial charge on any atom is -0.534 e. The van der Waals surface area contributed by atoms with E-state index in [0.29, 0.717) is 0 Å². The number of fused-ring (bicyclic) bond motifs is 1. The van der Waals surface area contributed by atoms with Crippen LogP contribution in [0.15, 0.2) is 12.1 Å². The van der Waals surface area contributed by atoms with E-state index in [0.717, 1.165) is 6.07 Å². The van der Waals surface area contributed by atoms with Crippen LogP contribution in [0.25, 0.3) is 0 Å². The van der Waals surface area contributed by atoms with Crippen molar-refractivity contribution in [3.8, 4) is 5.75 Å². The first-order valence-electron chi connectivity index (χ1n) is 6.20. The molecule has 116 valence electrons. The zero-order valence-corrected chi connectivity index (χ0v) is 11.1. The summed E-state index contributed by atoms with van der Waals surface area (Å²) in [6.07, 6.45) is -0.803. The highest BCUT2D eigenvalue weighted by Gasteiger charge is 2.38. The fraction of sp³-hybridized carbons (Fsp3) is 0.250. The Balaban J connectivity index is 2.24. The molecule has 1 atom stereocenters. The molecule has 1 aliphatic rings. The summed E-state index contributed by atoms with van der Waals surface area (Å²) in [5, 5.41) is 29.5. The SMILES string of the molecule is O=C(O)CC(=O)N[C@H]1Cc2ccc(F)c(C(=O)O)c2OB1O. The van der Waals surface area contributed by atoms with Gasteiger partial charge in [-0.3, -0.25) is 9.59 Å². The second-order valence-electron chi connectivity index (χ2n) is 4.67. The second-order valence-corrected chi connectivity index (χ2v) is 4.67. The summed E-state index contributed by atoms with van der Waals surface area (Å²) < 4.78 is 18.5. The second kappa shape index (κ2) is 6.02. The molecular weight excluding hydrogens is 300 g/mol. The molecule has 1 aromatic carbocycles. The summed E-state index contributed by atoms with van der Waals surface area (Å²) >= 11 is 0. The van der Waals surface area contributed by atoms with Gasteiger partial charge >= 0.3 is 19.1 Å². The number of hydrogen-bond acceptors (Lipinski definition) is 5. The maximum absolute atomic E-state index is 13.5. The van der Waals surface area contributed by atoms with Gasteiger partial charge in [0.05, 0.1) is 5.94 Å². The normalized spacial score (nSPS) is 16.5. The maximum Gasteiger partial charge on any atom is 0.547 e. The predicted octanol–water partition coefficient (Wildman–Crippen LogP) is -0.562. The number of nitrogens with one attached hydrogen (secondary N) is 1. The van der Waals surface area contributed by atoms with Gasteiger partial charge in [-0.15, -0.1) is 0 Å². The van der Waals surface area contributed by atoms with Crippen molar-refractivity contribution in [1.29, 1.82) is 0 Å². The molecule has 1 amide bonds. The van der Waals surface area contributed by atoms with Gasteiger partial charge < -0.3 is 25.2 Å². The number of carboxylic acids is 2. The van der Waals surface area contributed by atoms with Gasteiger partial charge in [0.15, 0.2) is 0 Å². The lowest BCUT2D eigenvalue weighted by atomic mass is 9.72. The van der Waals surface area contributed by atoms with Crippen molar-refractivity contribution in [2.75, 3.05) is 0 Å². The van der Waals surface area contributed by atoms with Crippen LogP contribution < -0.4 is 9.97 Å².